The van der Waals surface area contributed by atoms with Gasteiger partial charge in [-0.2, -0.15) is 0 Å². The Labute approximate surface area is 351 Å². The third-order valence-corrected chi connectivity index (χ3v) is 10.8. The van der Waals surface area contributed by atoms with Gasteiger partial charge >= 0.3 is 11.9 Å². The van der Waals surface area contributed by atoms with E-state index in [0.29, 0.717) is 11.1 Å². The number of amides is 6. The quantitative estimate of drug-likeness (QED) is 0.0276. The SMILES string of the molecule is CC(=O)OCc1ccc(NC(=O)[C@H](C)NC(=O)[C@@H](NC(=O)CN2C(=O)[C@@H](N3C(=O)C=CC3=O)C[C@H]2COCC[SH](=O)=O)C(C)C)cc1CC[C@@H]1O[C@H](C(=O)O)[C@@H](O)[C@H](O)[C@H]1O. The number of aliphatic hydroxyl groups excluding tert-OH is 3. The van der Waals surface area contributed by atoms with Gasteiger partial charge in [0.05, 0.1) is 37.7 Å². The van der Waals surface area contributed by atoms with Crippen molar-refractivity contribution >= 4 is 63.8 Å². The van der Waals surface area contributed by atoms with Gasteiger partial charge < -0.3 is 55.5 Å². The maximum absolute atomic E-state index is 13.5. The van der Waals surface area contributed by atoms with Crippen LogP contribution in [0.15, 0.2) is 30.4 Å². The first-order valence-corrected chi connectivity index (χ1v) is 20.7. The summed E-state index contributed by atoms with van der Waals surface area (Å²) in [4.78, 5) is 103. The molecule has 7 N–H and O–H groups in total. The highest BCUT2D eigenvalue weighted by Crippen LogP contribution is 2.28. The number of benzene rings is 1. The van der Waals surface area contributed by atoms with Crippen LogP contribution < -0.4 is 16.0 Å². The Bertz CT molecular complexity index is 1950. The average molecular weight is 882 g/mol. The van der Waals surface area contributed by atoms with E-state index in [0.717, 1.165) is 22.0 Å². The van der Waals surface area contributed by atoms with Crippen molar-refractivity contribution in [3.63, 3.8) is 0 Å². The highest BCUT2D eigenvalue weighted by atomic mass is 32.2. The van der Waals surface area contributed by atoms with Gasteiger partial charge in [-0.1, -0.05) is 19.9 Å². The zero-order valence-corrected chi connectivity index (χ0v) is 34.6. The van der Waals surface area contributed by atoms with E-state index in [2.05, 4.69) is 16.0 Å². The lowest BCUT2D eigenvalue weighted by molar-refractivity contribution is -0.228. The van der Waals surface area contributed by atoms with Gasteiger partial charge in [0.25, 0.3) is 11.8 Å². The minimum atomic E-state index is -2.74. The predicted octanol–water partition coefficient (Wildman–Crippen LogP) is -3.28. The Morgan fingerprint density at radius 3 is 2.21 bits per heavy atom. The van der Waals surface area contributed by atoms with Crippen molar-refractivity contribution in [1.29, 1.82) is 0 Å². The number of aryl methyl sites for hydroxylation is 1. The minimum absolute atomic E-state index is 0.0593. The number of anilines is 1. The first-order valence-electron chi connectivity index (χ1n) is 19.3. The normalized spacial score (nSPS) is 24.9. The van der Waals surface area contributed by atoms with Crippen LogP contribution in [0.25, 0.3) is 0 Å². The lowest BCUT2D eigenvalue weighted by Crippen LogP contribution is -2.59. The molecule has 0 unspecified atom stereocenters. The van der Waals surface area contributed by atoms with Crippen LogP contribution >= 0.6 is 0 Å². The van der Waals surface area contributed by atoms with Gasteiger partial charge in [-0.05, 0) is 48.9 Å². The number of aliphatic carboxylic acids is 1. The fraction of sp³-hybridized carbons (Fsp3) is 0.579. The van der Waals surface area contributed by atoms with Crippen LogP contribution in [0.3, 0.4) is 0 Å². The Balaban J connectivity index is 1.41. The second-order valence-corrected chi connectivity index (χ2v) is 16.2. The van der Waals surface area contributed by atoms with Gasteiger partial charge in [-0.3, -0.25) is 38.5 Å². The zero-order valence-electron chi connectivity index (χ0n) is 33.8. The van der Waals surface area contributed by atoms with E-state index in [1.54, 1.807) is 19.9 Å². The lowest BCUT2D eigenvalue weighted by atomic mass is 9.91. The summed E-state index contributed by atoms with van der Waals surface area (Å²) < 4.78 is 37.9. The van der Waals surface area contributed by atoms with Gasteiger partial charge in [0, 0.05) is 31.2 Å². The van der Waals surface area contributed by atoms with Gasteiger partial charge in [0.2, 0.25) is 23.6 Å². The summed E-state index contributed by atoms with van der Waals surface area (Å²) in [6.45, 7) is 4.65. The molecule has 61 heavy (non-hydrogen) atoms. The summed E-state index contributed by atoms with van der Waals surface area (Å²) in [5.41, 5.74) is 1.20. The Kier molecular flexibility index (Phi) is 17.0. The van der Waals surface area contributed by atoms with Crippen LogP contribution in [0.1, 0.15) is 51.7 Å². The number of carboxylic acid groups (broad SMARTS) is 1. The summed E-state index contributed by atoms with van der Waals surface area (Å²) >= 11 is 0. The minimum Gasteiger partial charge on any atom is -0.479 e. The molecule has 3 heterocycles. The molecule has 1 aromatic rings. The Morgan fingerprint density at radius 1 is 0.934 bits per heavy atom. The van der Waals surface area contributed by atoms with E-state index in [1.807, 2.05) is 0 Å². The predicted molar refractivity (Wildman–Crippen MR) is 208 cm³/mol. The number of likely N-dealkylation sites (tertiary alicyclic amines) is 1. The van der Waals surface area contributed by atoms with Crippen molar-refractivity contribution in [3.05, 3.63) is 41.5 Å². The first kappa shape index (κ1) is 48.3. The van der Waals surface area contributed by atoms with Crippen molar-refractivity contribution in [2.24, 2.45) is 5.92 Å². The third kappa shape index (κ3) is 12.6. The highest BCUT2D eigenvalue weighted by molar-refractivity contribution is 7.72. The molecule has 0 aromatic heterocycles. The van der Waals surface area contributed by atoms with Crippen molar-refractivity contribution in [3.8, 4) is 0 Å². The fourth-order valence-electron chi connectivity index (χ4n) is 6.99. The molecule has 3 aliphatic rings. The number of carbonyl (C=O) groups is 8. The molecular weight excluding hydrogens is 831 g/mol. The monoisotopic (exact) mass is 881 g/mol. The summed E-state index contributed by atoms with van der Waals surface area (Å²) in [6.07, 6.45) is -6.39. The topological polar surface area (TPSA) is 322 Å². The third-order valence-electron chi connectivity index (χ3n) is 10.3. The number of hydrogen-bond donors (Lipinski definition) is 8. The molecule has 9 atom stereocenters. The molecule has 1 aromatic carbocycles. The molecule has 23 heteroatoms. The molecule has 22 nitrogen and oxygen atoms in total. The summed E-state index contributed by atoms with van der Waals surface area (Å²) in [7, 11) is -2.74. The van der Waals surface area contributed by atoms with Gasteiger partial charge in [-0.15, -0.1) is 0 Å². The van der Waals surface area contributed by atoms with Gasteiger partial charge in [-0.25, -0.2) is 13.2 Å². The number of nitrogens with one attached hydrogen (secondary N) is 3. The summed E-state index contributed by atoms with van der Waals surface area (Å²) in [6, 6.07) is 0.0999. The van der Waals surface area contributed by atoms with E-state index in [9.17, 15) is 67.2 Å². The molecule has 0 bridgehead atoms. The second kappa shape index (κ2) is 21.5. The first-order chi connectivity index (χ1) is 28.7. The average Bonchev–Trinajstić information content (AvgIpc) is 3.68. The number of carboxylic acids is 1. The van der Waals surface area contributed by atoms with Crippen molar-refractivity contribution in [2.75, 3.05) is 30.8 Å². The standard InChI is InChI=1S/C38H51N5O17S/c1-18(2)30(41-27(45)15-42-24(17-58-11-12-61(56)57)14-25(37(42)53)43-28(46)9-10-29(43)47)36(52)39-19(3)35(51)40-23-7-5-22(16-59-20(4)44)21(13-23)6-8-26-31(48)32(49)33(50)34(60-26)38(54)55/h5,7,9-10,13,18-19,24-26,30-34,48-50,61H,6,8,11-12,14-17H2,1-4H3,(H,39,52)(H,40,51)(H,41,45)(H,54,55)/t19-,24-,25-,26-,30-,31-,32+,33-,34-/m0/s1. The number of rotatable bonds is 20. The van der Waals surface area contributed by atoms with E-state index < -0.39 is 125 Å². The van der Waals surface area contributed by atoms with Crippen LogP contribution in [-0.4, -0.2) is 166 Å². The molecule has 0 saturated carbocycles. The second-order valence-electron chi connectivity index (χ2n) is 15.1. The zero-order chi connectivity index (χ0) is 45.3. The molecule has 2 fully saturated rings. The number of ether oxygens (including phenoxy) is 3. The lowest BCUT2D eigenvalue weighted by Gasteiger charge is -2.39. The van der Waals surface area contributed by atoms with E-state index >= 15 is 0 Å². The van der Waals surface area contributed by atoms with Crippen molar-refractivity contribution in [1.82, 2.24) is 20.4 Å². The molecular formula is C38H51N5O17S. The van der Waals surface area contributed by atoms with Crippen LogP contribution in [0.4, 0.5) is 5.69 Å². The van der Waals surface area contributed by atoms with Crippen LogP contribution in [-0.2, 0) is 76.3 Å². The number of nitrogens with zero attached hydrogens (tertiary/aromatic N) is 2. The summed E-state index contributed by atoms with van der Waals surface area (Å²) in [5.74, 6) is -7.33. The fourth-order valence-corrected chi connectivity index (χ4v) is 7.27. The van der Waals surface area contributed by atoms with Gasteiger partial charge in [0.1, 0.15) is 53.7 Å². The summed E-state index contributed by atoms with van der Waals surface area (Å²) in [5, 5.41) is 47.9. The smallest absolute Gasteiger partial charge is 0.335 e. The molecule has 336 valence electrons. The maximum atomic E-state index is 13.5. The molecule has 6 amide bonds. The van der Waals surface area contributed by atoms with Gasteiger partial charge in [0.15, 0.2) is 6.10 Å². The number of carbonyl (C=O) groups excluding carboxylic acids is 7. The number of thiol groups is 1. The van der Waals surface area contributed by atoms with E-state index in [4.69, 9.17) is 14.2 Å². The van der Waals surface area contributed by atoms with Crippen molar-refractivity contribution < 1.29 is 81.4 Å². The van der Waals surface area contributed by atoms with Crippen LogP contribution in [0.5, 0.6) is 0 Å². The number of esters is 1. The molecule has 0 aliphatic carbocycles. The number of imide groups is 1. The molecule has 0 spiro atoms. The molecule has 0 radical (unpaired) electrons. The van der Waals surface area contributed by atoms with Crippen molar-refractivity contribution in [2.45, 2.75) is 108 Å². The largest absolute Gasteiger partial charge is 0.479 e. The Morgan fingerprint density at radius 2 is 1.61 bits per heavy atom. The van der Waals surface area contributed by atoms with E-state index in [1.165, 1.54) is 26.0 Å². The Hall–Kier alpha value is -5.33. The number of aliphatic hydroxyl groups is 3. The molecule has 2 saturated heterocycles. The molecule has 3 aliphatic heterocycles. The number of hydrogen-bond acceptors (Lipinski definition) is 16. The highest BCUT2D eigenvalue weighted by Gasteiger charge is 2.48. The van der Waals surface area contributed by atoms with E-state index in [-0.39, 0.29) is 50.5 Å². The van der Waals surface area contributed by atoms with Crippen LogP contribution in [0, 0.1) is 5.92 Å². The maximum Gasteiger partial charge on any atom is 0.335 e. The molecule has 4 rings (SSSR count). The van der Waals surface area contributed by atoms with Crippen LogP contribution in [0.2, 0.25) is 0 Å².